The van der Waals surface area contributed by atoms with Gasteiger partial charge >= 0.3 is 11.9 Å². The van der Waals surface area contributed by atoms with E-state index in [9.17, 15) is 27.1 Å². The van der Waals surface area contributed by atoms with Gasteiger partial charge < -0.3 is 14.4 Å². The maximum Gasteiger partial charge on any atom is 0.335 e. The molecule has 306 valence electrons. The van der Waals surface area contributed by atoms with Gasteiger partial charge in [-0.2, -0.15) is 49.3 Å². The Bertz CT molecular complexity index is 2880. The second kappa shape index (κ2) is 19.4. The molecule has 17 nitrogen and oxygen atoms in total. The first-order valence-corrected chi connectivity index (χ1v) is 19.9. The van der Waals surface area contributed by atoms with Gasteiger partial charge in [-0.05, 0) is 140 Å². The lowest BCUT2D eigenvalue weighted by atomic mass is 10.1. The van der Waals surface area contributed by atoms with Crippen molar-refractivity contribution >= 4 is 92.0 Å². The molecule has 0 radical (unpaired) electrons. The van der Waals surface area contributed by atoms with Crippen molar-refractivity contribution in [2.75, 3.05) is 0 Å². The fourth-order valence-corrected chi connectivity index (χ4v) is 6.31. The van der Waals surface area contributed by atoms with Crippen LogP contribution in [0.1, 0.15) is 43.0 Å². The molecule has 6 aromatic carbocycles. The Labute approximate surface area is 352 Å². The number of hydrogen-bond acceptors (Lipinski definition) is 15. The highest BCUT2D eigenvalue weighted by molar-refractivity contribution is 7.89. The summed E-state index contributed by atoms with van der Waals surface area (Å²) in [7, 11) is -4.72. The van der Waals surface area contributed by atoms with Crippen molar-refractivity contribution < 1.29 is 41.5 Å². The van der Waals surface area contributed by atoms with E-state index in [2.05, 4.69) is 40.9 Å². The van der Waals surface area contributed by atoms with Gasteiger partial charge in [0.2, 0.25) is 12.3 Å². The largest absolute Gasteiger partial charge is 0.478 e. The number of benzene rings is 6. The van der Waals surface area contributed by atoms with Crippen LogP contribution in [0.4, 0.5) is 45.5 Å². The highest BCUT2D eigenvalue weighted by Gasteiger charge is 2.16. The molecule has 0 saturated heterocycles. The highest BCUT2D eigenvalue weighted by Crippen LogP contribution is 2.33. The Morgan fingerprint density at radius 3 is 1.33 bits per heavy atom. The average Bonchev–Trinajstić information content (AvgIpc) is 3.24. The first-order valence-electron chi connectivity index (χ1n) is 17.7. The molecule has 0 aliphatic rings. The Balaban J connectivity index is 1.14. The minimum absolute atomic E-state index is 0.103. The summed E-state index contributed by atoms with van der Waals surface area (Å²) in [5.74, 6) is -1.89. The van der Waals surface area contributed by atoms with Crippen LogP contribution < -0.4 is 4.18 Å². The predicted molar refractivity (Wildman–Crippen MR) is 228 cm³/mol. The maximum atomic E-state index is 12.4. The van der Waals surface area contributed by atoms with Crippen LogP contribution in [-0.2, 0) is 10.1 Å². The number of aromatic carboxylic acids is 2. The van der Waals surface area contributed by atoms with Gasteiger partial charge in [-0.3, -0.25) is 9.11 Å². The van der Waals surface area contributed by atoms with Gasteiger partial charge in [-0.25, -0.2) is 9.59 Å². The average molecular weight is 857 g/mol. The second-order valence-electron chi connectivity index (χ2n) is 12.9. The molecule has 0 saturated carbocycles. The van der Waals surface area contributed by atoms with Crippen LogP contribution in [0.25, 0.3) is 12.2 Å². The van der Waals surface area contributed by atoms with E-state index < -0.39 is 27.0 Å². The van der Waals surface area contributed by atoms with Crippen molar-refractivity contribution in [3.63, 3.8) is 0 Å². The molecule has 0 unspecified atom stereocenters. The van der Waals surface area contributed by atoms with E-state index in [4.69, 9.17) is 14.4 Å². The van der Waals surface area contributed by atoms with Crippen LogP contribution in [0.5, 0.6) is 5.75 Å². The predicted octanol–water partition coefficient (Wildman–Crippen LogP) is 13.3. The molecular formula is C42H32N8O9S2. The van der Waals surface area contributed by atoms with E-state index in [1.807, 2.05) is 6.92 Å². The summed E-state index contributed by atoms with van der Waals surface area (Å²) in [6.45, 7) is 3.62. The van der Waals surface area contributed by atoms with Crippen molar-refractivity contribution in [1.29, 1.82) is 0 Å². The number of aryl methyl sites for hydroxylation is 2. The van der Waals surface area contributed by atoms with E-state index in [1.165, 1.54) is 60.7 Å². The zero-order chi connectivity index (χ0) is 43.5. The molecule has 0 atom stereocenters. The van der Waals surface area contributed by atoms with Crippen LogP contribution in [0.3, 0.4) is 0 Å². The summed E-state index contributed by atoms with van der Waals surface area (Å²) in [5.41, 5.74) is 5.87. The fraction of sp³-hybridized carbons (Fsp3) is 0.0476. The monoisotopic (exact) mass is 856 g/mol. The molecule has 6 rings (SSSR count). The molecule has 0 bridgehead atoms. The molecule has 0 aliphatic heterocycles. The van der Waals surface area contributed by atoms with Gasteiger partial charge in [0.15, 0.2) is 0 Å². The van der Waals surface area contributed by atoms with Crippen molar-refractivity contribution in [3.05, 3.63) is 155 Å². The quantitative estimate of drug-likeness (QED) is 0.0328. The van der Waals surface area contributed by atoms with Gasteiger partial charge in [-0.1, -0.05) is 18.2 Å². The van der Waals surface area contributed by atoms with Gasteiger partial charge in [-0.15, -0.1) is 0 Å². The zero-order valence-corrected chi connectivity index (χ0v) is 33.6. The van der Waals surface area contributed by atoms with Crippen molar-refractivity contribution in [3.8, 4) is 5.75 Å². The van der Waals surface area contributed by atoms with Gasteiger partial charge in [0.1, 0.15) is 10.6 Å². The lowest BCUT2D eigenvalue weighted by molar-refractivity contribution is 0.0686. The Kier molecular flexibility index (Phi) is 13.7. The van der Waals surface area contributed by atoms with Crippen molar-refractivity contribution in [2.24, 2.45) is 40.9 Å². The summed E-state index contributed by atoms with van der Waals surface area (Å²) in [4.78, 5) is 21.7. The lowest BCUT2D eigenvalue weighted by Gasteiger charge is -2.07. The summed E-state index contributed by atoms with van der Waals surface area (Å²) >= 11 is 0.103. The molecule has 19 heteroatoms. The smallest absolute Gasteiger partial charge is 0.335 e. The van der Waals surface area contributed by atoms with E-state index in [1.54, 1.807) is 79.7 Å². The SMILES string of the molecule is Cc1cc(N=Nc2ccc(/C=C\c3ccc(N=Nc4ccc(N=Nc5ccc(C(=O)O)cc5)c(C)c4)cc3S(=O)(=O)O)c(OSO)c2)ccc1N=Nc1ccc(C(=O)O)cc1. The normalized spacial score (nSPS) is 12.1. The number of rotatable bonds is 15. The topological polar surface area (TPSA) is 257 Å². The van der Waals surface area contributed by atoms with Crippen molar-refractivity contribution in [1.82, 2.24) is 0 Å². The number of nitrogens with zero attached hydrogens (tertiary/aromatic N) is 8. The summed E-state index contributed by atoms with van der Waals surface area (Å²) in [6.07, 6.45) is 2.97. The van der Waals surface area contributed by atoms with Crippen molar-refractivity contribution in [2.45, 2.75) is 18.7 Å². The van der Waals surface area contributed by atoms with E-state index in [0.29, 0.717) is 50.9 Å². The first kappa shape index (κ1) is 43.0. The summed E-state index contributed by atoms with van der Waals surface area (Å²) in [5, 5.41) is 51.8. The number of carbonyl (C=O) groups is 2. The minimum atomic E-state index is -4.72. The number of carboxylic acid groups (broad SMARTS) is 2. The third-order valence-electron chi connectivity index (χ3n) is 8.54. The van der Waals surface area contributed by atoms with E-state index in [0.717, 1.165) is 5.56 Å². The number of hydrogen-bond donors (Lipinski definition) is 4. The zero-order valence-electron chi connectivity index (χ0n) is 31.9. The Morgan fingerprint density at radius 2 is 0.902 bits per heavy atom. The van der Waals surface area contributed by atoms with Gasteiger partial charge in [0.05, 0.1) is 56.6 Å². The molecule has 61 heavy (non-hydrogen) atoms. The minimum Gasteiger partial charge on any atom is -0.478 e. The number of carboxylic acids is 2. The van der Waals surface area contributed by atoms with E-state index >= 15 is 0 Å². The molecule has 0 amide bonds. The van der Waals surface area contributed by atoms with Crippen LogP contribution >= 0.6 is 12.3 Å². The molecule has 0 aromatic heterocycles. The third kappa shape index (κ3) is 11.8. The van der Waals surface area contributed by atoms with Crippen LogP contribution in [0.15, 0.2) is 167 Å². The molecule has 0 spiro atoms. The maximum absolute atomic E-state index is 12.4. The Hall–Kier alpha value is -7.58. The lowest BCUT2D eigenvalue weighted by Crippen LogP contribution is -2.00. The van der Waals surface area contributed by atoms with Crippen LogP contribution in [0, 0.1) is 13.8 Å². The molecular weight excluding hydrogens is 825 g/mol. The van der Waals surface area contributed by atoms with E-state index in [-0.39, 0.29) is 40.5 Å². The molecule has 0 fully saturated rings. The standard InChI is InChI=1S/C42H32N8O9S2/c1-25-21-33(17-19-37(25)49-43-31-11-7-29(8-12-31)41(51)52)45-47-35-15-5-27(39(23-35)59-60-55)3-4-28-6-16-36(24-40(28)61(56,57)58)48-46-34-18-20-38(26(2)22-34)50-44-32-13-9-30(10-14-32)42(53)54/h3-24,55H,1-2H3,(H,51,52)(H,53,54)(H,56,57,58)/b4-3-,47-45?,48-46?,49-43?,50-44?. The highest BCUT2D eigenvalue weighted by atomic mass is 32.2. The second-order valence-corrected chi connectivity index (χ2v) is 14.6. The van der Waals surface area contributed by atoms with Crippen LogP contribution in [-0.4, -0.2) is 39.7 Å². The summed E-state index contributed by atoms with van der Waals surface area (Å²) in [6, 6.07) is 31.0. The van der Waals surface area contributed by atoms with Gasteiger partial charge in [0.25, 0.3) is 10.1 Å². The molecule has 6 aromatic rings. The third-order valence-corrected chi connectivity index (χ3v) is 9.70. The molecule has 0 heterocycles. The first-order chi connectivity index (χ1) is 29.2. The fourth-order valence-electron chi connectivity index (χ4n) is 5.38. The molecule has 4 N–H and O–H groups in total. The van der Waals surface area contributed by atoms with Crippen LogP contribution in [0.2, 0.25) is 0 Å². The number of azo groups is 4. The Morgan fingerprint density at radius 1 is 0.525 bits per heavy atom. The summed E-state index contributed by atoms with van der Waals surface area (Å²) < 4.78 is 49.8. The molecule has 0 aliphatic carbocycles. The van der Waals surface area contributed by atoms with Gasteiger partial charge in [0, 0.05) is 11.6 Å².